The van der Waals surface area contributed by atoms with Gasteiger partial charge in [-0.15, -0.1) is 0 Å². The van der Waals surface area contributed by atoms with E-state index in [9.17, 15) is 15.0 Å². The summed E-state index contributed by atoms with van der Waals surface area (Å²) in [5.41, 5.74) is 0.718. The molecule has 4 atom stereocenters. The third-order valence-corrected chi connectivity index (χ3v) is 6.45. The van der Waals surface area contributed by atoms with Crippen molar-refractivity contribution in [3.63, 3.8) is 0 Å². The van der Waals surface area contributed by atoms with Crippen molar-refractivity contribution in [2.75, 3.05) is 6.61 Å². The minimum Gasteiger partial charge on any atom is -0.394 e. The fraction of sp³-hybridized carbons (Fsp3) is 0.682. The molecule has 0 bridgehead atoms. The van der Waals surface area contributed by atoms with Crippen LogP contribution in [0.1, 0.15) is 69.5 Å². The molecule has 0 spiro atoms. The summed E-state index contributed by atoms with van der Waals surface area (Å²) in [6.45, 7) is -0.263. The summed E-state index contributed by atoms with van der Waals surface area (Å²) in [6, 6.07) is 8.57. The van der Waals surface area contributed by atoms with Crippen molar-refractivity contribution < 1.29 is 15.0 Å². The van der Waals surface area contributed by atoms with Crippen molar-refractivity contribution in [2.24, 2.45) is 17.8 Å². The fourth-order valence-corrected chi connectivity index (χ4v) is 4.91. The van der Waals surface area contributed by atoms with Gasteiger partial charge >= 0.3 is 0 Å². The number of carbonyl (C=O) groups excluding carboxylic acids is 1. The Morgan fingerprint density at radius 1 is 1.00 bits per heavy atom. The Labute approximate surface area is 157 Å². The van der Waals surface area contributed by atoms with Crippen LogP contribution in [0.15, 0.2) is 30.3 Å². The molecule has 2 saturated carbocycles. The smallest absolute Gasteiger partial charge is 0.223 e. The molecule has 0 heterocycles. The van der Waals surface area contributed by atoms with E-state index in [2.05, 4.69) is 5.32 Å². The van der Waals surface area contributed by atoms with Crippen LogP contribution in [0, 0.1) is 17.8 Å². The molecule has 3 rings (SSSR count). The molecule has 0 aromatic heterocycles. The molecule has 0 aliphatic heterocycles. The van der Waals surface area contributed by atoms with Crippen LogP contribution in [0.3, 0.4) is 0 Å². The quantitative estimate of drug-likeness (QED) is 0.727. The van der Waals surface area contributed by atoms with E-state index in [-0.39, 0.29) is 18.4 Å². The fourth-order valence-electron chi connectivity index (χ4n) is 4.91. The molecule has 0 saturated heterocycles. The summed E-state index contributed by atoms with van der Waals surface area (Å²) in [5, 5.41) is 23.1. The van der Waals surface area contributed by atoms with Crippen LogP contribution in [0.25, 0.3) is 0 Å². The number of carbonyl (C=O) groups is 1. The maximum Gasteiger partial charge on any atom is 0.223 e. The first kappa shape index (κ1) is 19.4. The van der Waals surface area contributed by atoms with Crippen LogP contribution in [0.5, 0.6) is 0 Å². The van der Waals surface area contributed by atoms with Crippen LogP contribution < -0.4 is 5.32 Å². The molecular formula is C22H33NO3. The van der Waals surface area contributed by atoms with E-state index in [0.717, 1.165) is 30.7 Å². The second-order valence-electron chi connectivity index (χ2n) is 8.17. The molecule has 2 aliphatic rings. The summed E-state index contributed by atoms with van der Waals surface area (Å²) in [6.07, 6.45) is 10.1. The molecule has 1 unspecified atom stereocenters. The topological polar surface area (TPSA) is 69.6 Å². The van der Waals surface area contributed by atoms with Crippen molar-refractivity contribution in [1.29, 1.82) is 0 Å². The second-order valence-corrected chi connectivity index (χ2v) is 8.17. The van der Waals surface area contributed by atoms with Crippen molar-refractivity contribution in [3.05, 3.63) is 35.9 Å². The monoisotopic (exact) mass is 359 g/mol. The zero-order chi connectivity index (χ0) is 18.4. The minimum atomic E-state index is -0.886. The maximum atomic E-state index is 12.8. The molecule has 0 radical (unpaired) electrons. The van der Waals surface area contributed by atoms with E-state index in [1.54, 1.807) is 0 Å². The highest BCUT2D eigenvalue weighted by molar-refractivity contribution is 5.79. The van der Waals surface area contributed by atoms with Crippen molar-refractivity contribution in [3.8, 4) is 0 Å². The molecule has 1 aromatic carbocycles. The SMILES string of the molecule is O=C(N[C@@H](CO)[C@@H](O)c1ccccc1)C1CCC[C@H](C2CCCCC2)C1. The highest BCUT2D eigenvalue weighted by Crippen LogP contribution is 2.40. The molecule has 2 aliphatic carbocycles. The van der Waals surface area contributed by atoms with Crippen LogP contribution in [0.4, 0.5) is 0 Å². The van der Waals surface area contributed by atoms with E-state index in [1.807, 2.05) is 30.3 Å². The number of aliphatic hydroxyl groups is 2. The van der Waals surface area contributed by atoms with Gasteiger partial charge in [0.15, 0.2) is 0 Å². The van der Waals surface area contributed by atoms with Gasteiger partial charge in [-0.3, -0.25) is 4.79 Å². The Morgan fingerprint density at radius 3 is 2.38 bits per heavy atom. The number of hydrogen-bond donors (Lipinski definition) is 3. The Bertz CT molecular complexity index is 556. The van der Waals surface area contributed by atoms with Crippen molar-refractivity contribution in [2.45, 2.75) is 69.9 Å². The second kappa shape index (κ2) is 9.52. The van der Waals surface area contributed by atoms with Crippen LogP contribution in [-0.4, -0.2) is 28.8 Å². The van der Waals surface area contributed by atoms with Gasteiger partial charge in [0.25, 0.3) is 0 Å². The average molecular weight is 360 g/mol. The van der Waals surface area contributed by atoms with Gasteiger partial charge in [-0.05, 0) is 30.2 Å². The van der Waals surface area contributed by atoms with Gasteiger partial charge in [0.2, 0.25) is 5.91 Å². The largest absolute Gasteiger partial charge is 0.394 e. The highest BCUT2D eigenvalue weighted by atomic mass is 16.3. The zero-order valence-corrected chi connectivity index (χ0v) is 15.6. The number of amides is 1. The standard InChI is InChI=1S/C22H33NO3/c24-15-20(21(25)17-10-5-2-6-11-17)23-22(26)19-13-7-12-18(14-19)16-8-3-1-4-9-16/h2,5-6,10-11,16,18-21,24-25H,1,3-4,7-9,12-15H2,(H,23,26)/t18-,19?,20-,21-/m0/s1. The zero-order valence-electron chi connectivity index (χ0n) is 15.6. The van der Waals surface area contributed by atoms with Crippen LogP contribution in [0.2, 0.25) is 0 Å². The van der Waals surface area contributed by atoms with E-state index in [0.29, 0.717) is 5.92 Å². The van der Waals surface area contributed by atoms with Gasteiger partial charge in [0.05, 0.1) is 12.6 Å². The number of hydrogen-bond acceptors (Lipinski definition) is 3. The molecule has 26 heavy (non-hydrogen) atoms. The van der Waals surface area contributed by atoms with Gasteiger partial charge in [-0.1, -0.05) is 75.3 Å². The van der Waals surface area contributed by atoms with Crippen molar-refractivity contribution >= 4 is 5.91 Å². The summed E-state index contributed by atoms with van der Waals surface area (Å²) < 4.78 is 0. The van der Waals surface area contributed by atoms with E-state index in [4.69, 9.17) is 0 Å². The summed E-state index contributed by atoms with van der Waals surface area (Å²) >= 11 is 0. The normalized spacial score (nSPS) is 26.8. The molecular weight excluding hydrogens is 326 g/mol. The van der Waals surface area contributed by atoms with Gasteiger partial charge in [-0.2, -0.15) is 0 Å². The first-order valence-electron chi connectivity index (χ1n) is 10.3. The van der Waals surface area contributed by atoms with Gasteiger partial charge in [0, 0.05) is 5.92 Å². The number of rotatable bonds is 6. The Kier molecular flexibility index (Phi) is 7.09. The summed E-state index contributed by atoms with van der Waals surface area (Å²) in [5.74, 6) is 1.49. The Morgan fingerprint density at radius 2 is 1.69 bits per heavy atom. The number of benzene rings is 1. The third kappa shape index (κ3) is 4.86. The lowest BCUT2D eigenvalue weighted by molar-refractivity contribution is -0.129. The molecule has 3 N–H and O–H groups in total. The molecule has 144 valence electrons. The highest BCUT2D eigenvalue weighted by Gasteiger charge is 2.33. The molecule has 1 aromatic rings. The van der Waals surface area contributed by atoms with Gasteiger partial charge in [0.1, 0.15) is 6.10 Å². The Hall–Kier alpha value is -1.39. The first-order valence-corrected chi connectivity index (χ1v) is 10.3. The lowest BCUT2D eigenvalue weighted by Gasteiger charge is -2.36. The molecule has 4 heteroatoms. The van der Waals surface area contributed by atoms with E-state index < -0.39 is 12.1 Å². The average Bonchev–Trinajstić information content (AvgIpc) is 2.72. The lowest BCUT2D eigenvalue weighted by atomic mass is 9.70. The predicted molar refractivity (Wildman–Crippen MR) is 102 cm³/mol. The minimum absolute atomic E-state index is 0.000425. The summed E-state index contributed by atoms with van der Waals surface area (Å²) in [4.78, 5) is 12.8. The third-order valence-electron chi connectivity index (χ3n) is 6.45. The van der Waals surface area contributed by atoms with Gasteiger partial charge < -0.3 is 15.5 Å². The molecule has 2 fully saturated rings. The number of nitrogens with one attached hydrogen (secondary N) is 1. The predicted octanol–water partition coefficient (Wildman–Crippen LogP) is 3.58. The lowest BCUT2D eigenvalue weighted by Crippen LogP contribution is -2.45. The number of aliphatic hydroxyl groups excluding tert-OH is 2. The van der Waals surface area contributed by atoms with Crippen LogP contribution >= 0.6 is 0 Å². The molecule has 1 amide bonds. The van der Waals surface area contributed by atoms with Gasteiger partial charge in [-0.25, -0.2) is 0 Å². The Balaban J connectivity index is 1.57. The van der Waals surface area contributed by atoms with Crippen molar-refractivity contribution in [1.82, 2.24) is 5.32 Å². The van der Waals surface area contributed by atoms with E-state index in [1.165, 1.54) is 38.5 Å². The maximum absolute atomic E-state index is 12.8. The van der Waals surface area contributed by atoms with E-state index >= 15 is 0 Å². The first-order chi connectivity index (χ1) is 12.7. The summed E-state index contributed by atoms with van der Waals surface area (Å²) in [7, 11) is 0. The van der Waals surface area contributed by atoms with Crippen LogP contribution in [-0.2, 0) is 4.79 Å². The molecule has 4 nitrogen and oxygen atoms in total.